The molecule has 1 rings (SSSR count). The molecule has 1 aliphatic rings. The third-order valence-corrected chi connectivity index (χ3v) is 6.36. The summed E-state index contributed by atoms with van der Waals surface area (Å²) in [5, 5.41) is 0. The van der Waals surface area contributed by atoms with Gasteiger partial charge in [-0.3, -0.25) is 4.18 Å². The van der Waals surface area contributed by atoms with Crippen molar-refractivity contribution in [1.82, 2.24) is 0 Å². The van der Waals surface area contributed by atoms with E-state index < -0.39 is 27.8 Å². The Labute approximate surface area is 181 Å². The van der Waals surface area contributed by atoms with Gasteiger partial charge in [-0.25, -0.2) is 0 Å². The summed E-state index contributed by atoms with van der Waals surface area (Å²) in [5.41, 5.74) is -1.80. The molecule has 0 aromatic carbocycles. The Morgan fingerprint density at radius 1 is 0.967 bits per heavy atom. The van der Waals surface area contributed by atoms with Crippen LogP contribution >= 0.6 is 0 Å². The molecular weight excluding hydrogens is 417 g/mol. The third kappa shape index (κ3) is 11.3. The van der Waals surface area contributed by atoms with Crippen molar-refractivity contribution in [3.63, 3.8) is 0 Å². The molecule has 1 saturated carbocycles. The normalized spacial score (nSPS) is 23.6. The van der Waals surface area contributed by atoms with Gasteiger partial charge in [0.25, 0.3) is 10.1 Å². The average molecular weight is 459 g/mol. The van der Waals surface area contributed by atoms with Crippen LogP contribution in [0.3, 0.4) is 0 Å². The smallest absolute Gasteiger partial charge is 0.366 e. The molecule has 0 spiro atoms. The highest BCUT2D eigenvalue weighted by molar-refractivity contribution is 7.85. The maximum Gasteiger partial charge on any atom is 0.417 e. The molecule has 2 atom stereocenters. The van der Waals surface area contributed by atoms with E-state index in [0.29, 0.717) is 24.7 Å². The van der Waals surface area contributed by atoms with Crippen molar-refractivity contribution in [3.05, 3.63) is 0 Å². The minimum absolute atomic E-state index is 0.0698. The van der Waals surface area contributed by atoms with E-state index in [4.69, 9.17) is 8.92 Å². The summed E-state index contributed by atoms with van der Waals surface area (Å²) in [6, 6.07) is 0. The maximum absolute atomic E-state index is 13.8. The van der Waals surface area contributed by atoms with E-state index in [1.165, 1.54) is 25.7 Å². The second kappa shape index (κ2) is 12.0. The van der Waals surface area contributed by atoms with E-state index >= 15 is 0 Å². The molecular formula is C22H41F3O4S. The Morgan fingerprint density at radius 3 is 2.07 bits per heavy atom. The summed E-state index contributed by atoms with van der Waals surface area (Å²) >= 11 is 0. The Bertz CT molecular complexity index is 584. The first-order valence-corrected chi connectivity index (χ1v) is 13.1. The highest BCUT2D eigenvalue weighted by atomic mass is 32.2. The lowest BCUT2D eigenvalue weighted by Crippen LogP contribution is -2.51. The molecule has 0 N–H and O–H groups in total. The fraction of sp³-hybridized carbons (Fsp3) is 1.00. The molecule has 0 heterocycles. The van der Waals surface area contributed by atoms with Crippen molar-refractivity contribution in [3.8, 4) is 0 Å². The summed E-state index contributed by atoms with van der Waals surface area (Å²) < 4.78 is 73.9. The molecule has 30 heavy (non-hydrogen) atoms. The lowest BCUT2D eigenvalue weighted by molar-refractivity contribution is -0.293. The van der Waals surface area contributed by atoms with Gasteiger partial charge < -0.3 is 4.74 Å². The summed E-state index contributed by atoms with van der Waals surface area (Å²) in [7, 11) is -3.66. The standard InChI is InChI=1S/C22H41F3O4S/c1-20(2,3)14-10-8-6-5-7-9-11-16-28-21(22(23,24)25)15-12-13-19(17-21)18-29-30(4,26)27/h19H,5-18H2,1-4H3. The summed E-state index contributed by atoms with van der Waals surface area (Å²) in [6.07, 6.45) is 5.45. The van der Waals surface area contributed by atoms with Gasteiger partial charge in [0.1, 0.15) is 0 Å². The highest BCUT2D eigenvalue weighted by Crippen LogP contribution is 2.46. The predicted octanol–water partition coefficient (Wildman–Crippen LogP) is 6.64. The van der Waals surface area contributed by atoms with Crippen molar-refractivity contribution in [2.75, 3.05) is 19.5 Å². The molecule has 0 bridgehead atoms. The van der Waals surface area contributed by atoms with Crippen LogP contribution in [0.1, 0.15) is 97.8 Å². The molecule has 0 saturated heterocycles. The van der Waals surface area contributed by atoms with Crippen molar-refractivity contribution in [1.29, 1.82) is 0 Å². The molecule has 2 unspecified atom stereocenters. The van der Waals surface area contributed by atoms with E-state index in [1.54, 1.807) is 0 Å². The lowest BCUT2D eigenvalue weighted by atomic mass is 9.77. The van der Waals surface area contributed by atoms with Gasteiger partial charge in [0.05, 0.1) is 12.9 Å². The lowest BCUT2D eigenvalue weighted by Gasteiger charge is -2.41. The first kappa shape index (κ1) is 27.7. The molecule has 8 heteroatoms. The van der Waals surface area contributed by atoms with Crippen molar-refractivity contribution in [2.45, 2.75) is 110 Å². The summed E-state index contributed by atoms with van der Waals surface area (Å²) in [4.78, 5) is 0. The maximum atomic E-state index is 13.8. The van der Waals surface area contributed by atoms with E-state index in [9.17, 15) is 21.6 Å². The van der Waals surface area contributed by atoms with E-state index in [1.807, 2.05) is 0 Å². The summed E-state index contributed by atoms with van der Waals surface area (Å²) in [6.45, 7) is 6.61. The Hall–Kier alpha value is -0.340. The van der Waals surface area contributed by atoms with Crippen LogP contribution in [-0.4, -0.2) is 39.7 Å². The van der Waals surface area contributed by atoms with E-state index in [0.717, 1.165) is 25.5 Å². The zero-order valence-electron chi connectivity index (χ0n) is 19.2. The largest absolute Gasteiger partial charge is 0.417 e. The van der Waals surface area contributed by atoms with Crippen molar-refractivity contribution >= 4 is 10.1 Å². The third-order valence-electron chi connectivity index (χ3n) is 5.80. The number of rotatable bonds is 13. The molecule has 1 fully saturated rings. The van der Waals surface area contributed by atoms with Crippen LogP contribution < -0.4 is 0 Å². The number of halogens is 3. The van der Waals surface area contributed by atoms with E-state index in [2.05, 4.69) is 20.8 Å². The van der Waals surface area contributed by atoms with Gasteiger partial charge in [0.2, 0.25) is 0 Å². The number of hydrogen-bond donors (Lipinski definition) is 0. The topological polar surface area (TPSA) is 52.6 Å². The Morgan fingerprint density at radius 2 is 1.53 bits per heavy atom. The van der Waals surface area contributed by atoms with Gasteiger partial charge in [0.15, 0.2) is 5.60 Å². The monoisotopic (exact) mass is 458 g/mol. The SMILES string of the molecule is CC(C)(C)CCCCCCCCCOC1(C(F)(F)F)CCCC(COS(C)(=O)=O)C1. The Kier molecular flexibility index (Phi) is 11.1. The van der Waals surface area contributed by atoms with Crippen molar-refractivity contribution in [2.24, 2.45) is 11.3 Å². The molecule has 0 aromatic rings. The Balaban J connectivity index is 2.33. The first-order chi connectivity index (χ1) is 13.7. The van der Waals surface area contributed by atoms with E-state index in [-0.39, 0.29) is 26.1 Å². The number of unbranched alkanes of at least 4 members (excludes halogenated alkanes) is 6. The van der Waals surface area contributed by atoms with Crippen LogP contribution in [0.2, 0.25) is 0 Å². The number of ether oxygens (including phenoxy) is 1. The first-order valence-electron chi connectivity index (χ1n) is 11.3. The highest BCUT2D eigenvalue weighted by Gasteiger charge is 2.57. The zero-order valence-corrected chi connectivity index (χ0v) is 20.0. The van der Waals surface area contributed by atoms with Gasteiger partial charge in [-0.15, -0.1) is 0 Å². The van der Waals surface area contributed by atoms with Crippen LogP contribution in [0, 0.1) is 11.3 Å². The van der Waals surface area contributed by atoms with Gasteiger partial charge >= 0.3 is 6.18 Å². The molecule has 0 aliphatic heterocycles. The predicted molar refractivity (Wildman–Crippen MR) is 114 cm³/mol. The number of hydrogen-bond acceptors (Lipinski definition) is 4. The van der Waals surface area contributed by atoms with Crippen LogP contribution in [0.15, 0.2) is 0 Å². The fourth-order valence-electron chi connectivity index (χ4n) is 4.09. The minimum atomic E-state index is -4.47. The summed E-state index contributed by atoms with van der Waals surface area (Å²) in [5.74, 6) is -0.469. The van der Waals surface area contributed by atoms with Crippen LogP contribution in [-0.2, 0) is 19.0 Å². The molecule has 4 nitrogen and oxygen atoms in total. The van der Waals surface area contributed by atoms with Crippen LogP contribution in [0.25, 0.3) is 0 Å². The van der Waals surface area contributed by atoms with Crippen molar-refractivity contribution < 1.29 is 30.5 Å². The molecule has 1 aliphatic carbocycles. The molecule has 0 radical (unpaired) electrons. The number of alkyl halides is 3. The quantitative estimate of drug-likeness (QED) is 0.229. The zero-order chi connectivity index (χ0) is 22.9. The van der Waals surface area contributed by atoms with Gasteiger partial charge in [0, 0.05) is 6.61 Å². The van der Waals surface area contributed by atoms with Gasteiger partial charge in [-0.2, -0.15) is 21.6 Å². The van der Waals surface area contributed by atoms with Gasteiger partial charge in [-0.1, -0.05) is 59.3 Å². The second-order valence-electron chi connectivity index (χ2n) is 10.1. The molecule has 180 valence electrons. The molecule has 0 aromatic heterocycles. The molecule has 0 amide bonds. The second-order valence-corrected chi connectivity index (χ2v) is 11.7. The van der Waals surface area contributed by atoms with Crippen LogP contribution in [0.5, 0.6) is 0 Å². The van der Waals surface area contributed by atoms with Crippen LogP contribution in [0.4, 0.5) is 13.2 Å². The average Bonchev–Trinajstić information content (AvgIpc) is 2.59. The van der Waals surface area contributed by atoms with Gasteiger partial charge in [-0.05, 0) is 49.9 Å². The minimum Gasteiger partial charge on any atom is -0.366 e. The fourth-order valence-corrected chi connectivity index (χ4v) is 4.53.